The van der Waals surface area contributed by atoms with E-state index in [9.17, 15) is 4.39 Å². The van der Waals surface area contributed by atoms with Gasteiger partial charge in [-0.3, -0.25) is 0 Å². The topological polar surface area (TPSA) is 42.2 Å². The van der Waals surface area contributed by atoms with Gasteiger partial charge in [0.05, 0.1) is 12.5 Å². The van der Waals surface area contributed by atoms with Gasteiger partial charge >= 0.3 is 0 Å². The molecule has 0 saturated heterocycles. The van der Waals surface area contributed by atoms with E-state index in [1.54, 1.807) is 12.1 Å². The van der Waals surface area contributed by atoms with Gasteiger partial charge in [-0.25, -0.2) is 4.39 Å². The zero-order chi connectivity index (χ0) is 17.1. The summed E-state index contributed by atoms with van der Waals surface area (Å²) < 4.78 is 19.8. The van der Waals surface area contributed by atoms with E-state index in [1.165, 1.54) is 0 Å². The summed E-state index contributed by atoms with van der Waals surface area (Å²) >= 11 is 0. The second kappa shape index (κ2) is 6.93. The van der Waals surface area contributed by atoms with Crippen LogP contribution in [-0.2, 0) is 6.54 Å². The third-order valence-electron chi connectivity index (χ3n) is 3.89. The van der Waals surface area contributed by atoms with Crippen LogP contribution in [0, 0.1) is 5.82 Å². The van der Waals surface area contributed by atoms with E-state index < -0.39 is 0 Å². The van der Waals surface area contributed by atoms with Crippen LogP contribution in [0.3, 0.4) is 0 Å². The minimum Gasteiger partial charge on any atom is -0.339 e. The molecule has 0 aliphatic carbocycles. The van der Waals surface area contributed by atoms with Gasteiger partial charge in [-0.05, 0) is 38.2 Å². The van der Waals surface area contributed by atoms with Crippen molar-refractivity contribution in [2.24, 2.45) is 0 Å². The Morgan fingerprint density at radius 1 is 1.12 bits per heavy atom. The second-order valence-electron chi connectivity index (χ2n) is 6.11. The Kier molecular flexibility index (Phi) is 4.71. The number of halogens is 1. The smallest absolute Gasteiger partial charge is 0.233 e. The Labute approximate surface area is 140 Å². The van der Waals surface area contributed by atoms with Crippen molar-refractivity contribution in [2.75, 3.05) is 14.1 Å². The number of aromatic nitrogens is 2. The van der Waals surface area contributed by atoms with Crippen molar-refractivity contribution in [3.63, 3.8) is 0 Å². The largest absolute Gasteiger partial charge is 0.339 e. The van der Waals surface area contributed by atoms with Crippen molar-refractivity contribution in [2.45, 2.75) is 19.4 Å². The maximum Gasteiger partial charge on any atom is 0.233 e. The summed E-state index contributed by atoms with van der Waals surface area (Å²) in [7, 11) is 3.88. The molecule has 0 aliphatic heterocycles. The van der Waals surface area contributed by atoms with Gasteiger partial charge in [-0.2, -0.15) is 4.98 Å². The van der Waals surface area contributed by atoms with Gasteiger partial charge < -0.3 is 9.42 Å². The van der Waals surface area contributed by atoms with Crippen molar-refractivity contribution < 1.29 is 8.91 Å². The van der Waals surface area contributed by atoms with E-state index in [0.717, 1.165) is 11.1 Å². The van der Waals surface area contributed by atoms with Crippen molar-refractivity contribution in [3.05, 3.63) is 71.6 Å². The highest BCUT2D eigenvalue weighted by Gasteiger charge is 2.18. The number of hydrogen-bond acceptors (Lipinski definition) is 4. The summed E-state index contributed by atoms with van der Waals surface area (Å²) in [6.07, 6.45) is 0. The first-order valence-electron chi connectivity index (χ1n) is 7.86. The molecule has 0 aliphatic rings. The van der Waals surface area contributed by atoms with Crippen molar-refractivity contribution in [1.29, 1.82) is 0 Å². The number of hydrogen-bond donors (Lipinski definition) is 0. The molecule has 3 aromatic rings. The molecule has 4 nitrogen and oxygen atoms in total. The third kappa shape index (κ3) is 3.51. The maximum atomic E-state index is 14.5. The predicted octanol–water partition coefficient (Wildman–Crippen LogP) is 4.09. The number of rotatable bonds is 5. The molecule has 0 saturated carbocycles. The summed E-state index contributed by atoms with van der Waals surface area (Å²) in [5.41, 5.74) is 2.26. The zero-order valence-electron chi connectivity index (χ0n) is 14.0. The molecule has 0 amide bonds. The standard InChI is InChI=1S/C19H20FN3O/c1-13(19-21-18(22-24-19)12-23(2)3)15-9-10-16(17(20)11-15)14-7-5-4-6-8-14/h4-11,13H,12H2,1-3H3. The average molecular weight is 325 g/mol. The lowest BCUT2D eigenvalue weighted by atomic mass is 9.97. The van der Waals surface area contributed by atoms with Gasteiger partial charge in [0.2, 0.25) is 5.89 Å². The predicted molar refractivity (Wildman–Crippen MR) is 91.0 cm³/mol. The Balaban J connectivity index is 1.84. The van der Waals surface area contributed by atoms with Crippen LogP contribution in [0.25, 0.3) is 11.1 Å². The molecule has 3 rings (SSSR count). The Morgan fingerprint density at radius 3 is 2.54 bits per heavy atom. The highest BCUT2D eigenvalue weighted by molar-refractivity contribution is 5.64. The van der Waals surface area contributed by atoms with Crippen LogP contribution in [0.5, 0.6) is 0 Å². The van der Waals surface area contributed by atoms with Crippen LogP contribution in [0.2, 0.25) is 0 Å². The van der Waals surface area contributed by atoms with Gasteiger partial charge in [0, 0.05) is 5.56 Å². The molecular weight excluding hydrogens is 305 g/mol. The minimum absolute atomic E-state index is 0.160. The molecule has 1 atom stereocenters. The first-order valence-corrected chi connectivity index (χ1v) is 7.86. The zero-order valence-corrected chi connectivity index (χ0v) is 14.0. The van der Waals surface area contributed by atoms with E-state index in [-0.39, 0.29) is 11.7 Å². The lowest BCUT2D eigenvalue weighted by molar-refractivity contribution is 0.345. The van der Waals surface area contributed by atoms with E-state index in [0.29, 0.717) is 23.8 Å². The van der Waals surface area contributed by atoms with Gasteiger partial charge in [0.25, 0.3) is 0 Å². The van der Waals surface area contributed by atoms with Crippen molar-refractivity contribution in [3.8, 4) is 11.1 Å². The first kappa shape index (κ1) is 16.3. The van der Waals surface area contributed by atoms with Gasteiger partial charge in [0.1, 0.15) is 5.82 Å². The summed E-state index contributed by atoms with van der Waals surface area (Å²) in [5, 5.41) is 3.97. The maximum absolute atomic E-state index is 14.5. The molecule has 0 N–H and O–H groups in total. The summed E-state index contributed by atoms with van der Waals surface area (Å²) in [6.45, 7) is 2.54. The molecule has 2 aromatic carbocycles. The van der Waals surface area contributed by atoms with Gasteiger partial charge in [-0.15, -0.1) is 0 Å². The molecular formula is C19H20FN3O. The fourth-order valence-corrected chi connectivity index (χ4v) is 2.59. The summed E-state index contributed by atoms with van der Waals surface area (Å²) in [6, 6.07) is 14.8. The Hall–Kier alpha value is -2.53. The normalized spacial score (nSPS) is 12.5. The quantitative estimate of drug-likeness (QED) is 0.708. The third-order valence-corrected chi connectivity index (χ3v) is 3.89. The fraction of sp³-hybridized carbons (Fsp3) is 0.263. The molecule has 0 bridgehead atoms. The van der Waals surface area contributed by atoms with Crippen LogP contribution in [0.15, 0.2) is 53.1 Å². The molecule has 24 heavy (non-hydrogen) atoms. The highest BCUT2D eigenvalue weighted by atomic mass is 19.1. The number of nitrogens with zero attached hydrogens (tertiary/aromatic N) is 3. The van der Waals surface area contributed by atoms with Crippen LogP contribution >= 0.6 is 0 Å². The monoisotopic (exact) mass is 325 g/mol. The SMILES string of the molecule is CC(c1ccc(-c2ccccc2)c(F)c1)c1nc(CN(C)C)no1. The van der Waals surface area contributed by atoms with Crippen LogP contribution in [-0.4, -0.2) is 29.1 Å². The Morgan fingerprint density at radius 2 is 1.88 bits per heavy atom. The Bertz CT molecular complexity index is 814. The van der Waals surface area contributed by atoms with E-state index in [1.807, 2.05) is 62.3 Å². The van der Waals surface area contributed by atoms with Crippen molar-refractivity contribution in [1.82, 2.24) is 15.0 Å². The van der Waals surface area contributed by atoms with E-state index in [4.69, 9.17) is 4.52 Å². The molecule has 1 heterocycles. The van der Waals surface area contributed by atoms with Crippen LogP contribution in [0.1, 0.15) is 30.1 Å². The summed E-state index contributed by atoms with van der Waals surface area (Å²) in [4.78, 5) is 6.36. The fourth-order valence-electron chi connectivity index (χ4n) is 2.59. The molecule has 1 unspecified atom stereocenters. The van der Waals surface area contributed by atoms with Crippen LogP contribution < -0.4 is 0 Å². The lowest BCUT2D eigenvalue weighted by Crippen LogP contribution is -2.11. The molecule has 0 fully saturated rings. The lowest BCUT2D eigenvalue weighted by Gasteiger charge is -2.10. The van der Waals surface area contributed by atoms with Gasteiger partial charge in [0.15, 0.2) is 5.82 Å². The van der Waals surface area contributed by atoms with Gasteiger partial charge in [-0.1, -0.05) is 47.6 Å². The first-order chi connectivity index (χ1) is 11.5. The van der Waals surface area contributed by atoms with Crippen molar-refractivity contribution >= 4 is 0 Å². The van der Waals surface area contributed by atoms with E-state index >= 15 is 0 Å². The summed E-state index contributed by atoms with van der Waals surface area (Å²) in [5.74, 6) is 0.716. The second-order valence-corrected chi connectivity index (χ2v) is 6.11. The molecule has 0 radical (unpaired) electrons. The average Bonchev–Trinajstić information content (AvgIpc) is 3.02. The number of benzene rings is 2. The minimum atomic E-state index is -0.251. The molecule has 124 valence electrons. The molecule has 5 heteroatoms. The molecule has 1 aromatic heterocycles. The molecule has 0 spiro atoms. The highest BCUT2D eigenvalue weighted by Crippen LogP contribution is 2.28. The van der Waals surface area contributed by atoms with E-state index in [2.05, 4.69) is 10.1 Å². The van der Waals surface area contributed by atoms with Crippen LogP contribution in [0.4, 0.5) is 4.39 Å².